The van der Waals surface area contributed by atoms with E-state index in [9.17, 15) is 9.59 Å². The molecule has 1 rings (SSSR count). The van der Waals surface area contributed by atoms with Gasteiger partial charge in [-0.1, -0.05) is 6.07 Å². The van der Waals surface area contributed by atoms with E-state index in [0.29, 0.717) is 0 Å². The molecule has 0 radical (unpaired) electrons. The van der Waals surface area contributed by atoms with Crippen molar-refractivity contribution in [2.24, 2.45) is 5.73 Å². The Labute approximate surface area is 73.9 Å². The molecule has 0 aliphatic heterocycles. The molecule has 0 aliphatic rings. The summed E-state index contributed by atoms with van der Waals surface area (Å²) in [5, 5.41) is 1.87. The molecule has 0 aliphatic carbocycles. The van der Waals surface area contributed by atoms with Gasteiger partial charge < -0.3 is 11.5 Å². The predicted octanol–water partition coefficient (Wildman–Crippen LogP) is -0.528. The highest BCUT2D eigenvalue weighted by Crippen LogP contribution is 1.99. The zero-order valence-corrected chi connectivity index (χ0v) is 6.65. The Morgan fingerprint density at radius 3 is 2.62 bits per heavy atom. The highest BCUT2D eigenvalue weighted by Gasteiger charge is 2.08. The summed E-state index contributed by atoms with van der Waals surface area (Å²) in [7, 11) is 0. The zero-order valence-electron chi connectivity index (χ0n) is 6.65. The summed E-state index contributed by atoms with van der Waals surface area (Å²) in [4.78, 5) is 25.1. The minimum absolute atomic E-state index is 0.0544. The fourth-order valence-corrected chi connectivity index (χ4v) is 0.754. The lowest BCUT2D eigenvalue weighted by Gasteiger charge is -1.99. The van der Waals surface area contributed by atoms with Crippen LogP contribution in [0, 0.1) is 0 Å². The zero-order chi connectivity index (χ0) is 9.84. The Morgan fingerprint density at radius 2 is 2.08 bits per heavy atom. The molecule has 0 unspecified atom stereocenters. The number of nitrogens with two attached hydrogens (primary N) is 2. The van der Waals surface area contributed by atoms with Crippen LogP contribution >= 0.6 is 0 Å². The van der Waals surface area contributed by atoms with Crippen LogP contribution in [0.25, 0.3) is 0 Å². The van der Waals surface area contributed by atoms with Crippen molar-refractivity contribution in [3.05, 3.63) is 23.9 Å². The van der Waals surface area contributed by atoms with E-state index in [-0.39, 0.29) is 11.5 Å². The normalized spacial score (nSPS) is 9.23. The van der Waals surface area contributed by atoms with E-state index in [4.69, 9.17) is 11.5 Å². The van der Waals surface area contributed by atoms with E-state index in [1.807, 2.05) is 5.32 Å². The number of nitrogens with zero attached hydrogens (tertiary/aromatic N) is 1. The molecule has 0 atom stereocenters. The molecule has 13 heavy (non-hydrogen) atoms. The number of imide groups is 1. The predicted molar refractivity (Wildman–Crippen MR) is 45.7 cm³/mol. The monoisotopic (exact) mass is 180 g/mol. The third-order valence-corrected chi connectivity index (χ3v) is 1.24. The van der Waals surface area contributed by atoms with Crippen molar-refractivity contribution in [3.8, 4) is 0 Å². The first-order valence-electron chi connectivity index (χ1n) is 3.43. The Kier molecular flexibility index (Phi) is 2.44. The van der Waals surface area contributed by atoms with Crippen LogP contribution in [0.3, 0.4) is 0 Å². The summed E-state index contributed by atoms with van der Waals surface area (Å²) < 4.78 is 0. The Hall–Kier alpha value is -2.11. The Bertz CT molecular complexity index is 350. The molecule has 68 valence electrons. The van der Waals surface area contributed by atoms with Gasteiger partial charge in [0.05, 0.1) is 0 Å². The van der Waals surface area contributed by atoms with Gasteiger partial charge in [0.25, 0.3) is 5.91 Å². The standard InChI is InChI=1S/C7H8N4O2/c8-5-3-1-2-4(10-5)6(12)11-7(9)13/h1-3H,(H2,8,10)(H3,9,11,12,13). The quantitative estimate of drug-likeness (QED) is 0.539. The molecule has 1 aromatic heterocycles. The topological polar surface area (TPSA) is 111 Å². The van der Waals surface area contributed by atoms with E-state index in [1.54, 1.807) is 6.07 Å². The highest BCUT2D eigenvalue weighted by atomic mass is 16.2. The van der Waals surface area contributed by atoms with Crippen LogP contribution < -0.4 is 16.8 Å². The second kappa shape index (κ2) is 3.53. The van der Waals surface area contributed by atoms with Crippen LogP contribution in [-0.4, -0.2) is 16.9 Å². The number of hydrogen-bond donors (Lipinski definition) is 3. The van der Waals surface area contributed by atoms with Crippen molar-refractivity contribution >= 4 is 17.8 Å². The molecule has 5 N–H and O–H groups in total. The fourth-order valence-electron chi connectivity index (χ4n) is 0.754. The fraction of sp³-hybridized carbons (Fsp3) is 0. The van der Waals surface area contributed by atoms with Gasteiger partial charge in [0.15, 0.2) is 0 Å². The lowest BCUT2D eigenvalue weighted by Crippen LogP contribution is -2.35. The lowest BCUT2D eigenvalue weighted by atomic mass is 10.3. The Morgan fingerprint density at radius 1 is 1.38 bits per heavy atom. The molecule has 0 saturated heterocycles. The van der Waals surface area contributed by atoms with Gasteiger partial charge in [-0.3, -0.25) is 10.1 Å². The summed E-state index contributed by atoms with van der Waals surface area (Å²) in [6, 6.07) is 3.59. The summed E-state index contributed by atoms with van der Waals surface area (Å²) >= 11 is 0. The van der Waals surface area contributed by atoms with Gasteiger partial charge in [0.2, 0.25) is 0 Å². The average molecular weight is 180 g/mol. The number of hydrogen-bond acceptors (Lipinski definition) is 4. The summed E-state index contributed by atoms with van der Waals surface area (Å²) in [6.07, 6.45) is 0. The molecule has 0 saturated carbocycles. The highest BCUT2D eigenvalue weighted by molar-refractivity contribution is 6.02. The number of nitrogens with one attached hydrogen (secondary N) is 1. The first-order valence-corrected chi connectivity index (χ1v) is 3.43. The van der Waals surface area contributed by atoms with Gasteiger partial charge in [-0.15, -0.1) is 0 Å². The van der Waals surface area contributed by atoms with Crippen molar-refractivity contribution in [2.45, 2.75) is 0 Å². The van der Waals surface area contributed by atoms with Gasteiger partial charge in [-0.2, -0.15) is 0 Å². The summed E-state index contributed by atoms with van der Waals surface area (Å²) in [6.45, 7) is 0. The summed E-state index contributed by atoms with van der Waals surface area (Å²) in [5.41, 5.74) is 10.1. The molecule has 0 spiro atoms. The van der Waals surface area contributed by atoms with E-state index >= 15 is 0 Å². The van der Waals surface area contributed by atoms with Gasteiger partial charge >= 0.3 is 6.03 Å². The van der Waals surface area contributed by atoms with Crippen LogP contribution in [0.15, 0.2) is 18.2 Å². The number of nitrogen functional groups attached to an aromatic ring is 1. The maximum Gasteiger partial charge on any atom is 0.319 e. The maximum absolute atomic E-state index is 11.1. The first kappa shape index (κ1) is 8.98. The first-order chi connectivity index (χ1) is 6.09. The SMILES string of the molecule is NC(=O)NC(=O)c1cccc(N)n1. The van der Waals surface area contributed by atoms with Gasteiger partial charge in [0, 0.05) is 0 Å². The van der Waals surface area contributed by atoms with Gasteiger partial charge in [-0.25, -0.2) is 9.78 Å². The maximum atomic E-state index is 11.1. The number of primary amides is 1. The average Bonchev–Trinajstić information content (AvgIpc) is 2.03. The minimum Gasteiger partial charge on any atom is -0.384 e. The third kappa shape index (κ3) is 2.44. The van der Waals surface area contributed by atoms with Gasteiger partial charge in [-0.05, 0) is 12.1 Å². The van der Waals surface area contributed by atoms with E-state index in [1.165, 1.54) is 12.1 Å². The number of anilines is 1. The van der Waals surface area contributed by atoms with Crippen molar-refractivity contribution in [1.82, 2.24) is 10.3 Å². The van der Waals surface area contributed by atoms with Crippen molar-refractivity contribution in [2.75, 3.05) is 5.73 Å². The smallest absolute Gasteiger partial charge is 0.319 e. The molecule has 6 nitrogen and oxygen atoms in total. The van der Waals surface area contributed by atoms with E-state index in [0.717, 1.165) is 0 Å². The number of rotatable bonds is 1. The second-order valence-corrected chi connectivity index (χ2v) is 2.27. The van der Waals surface area contributed by atoms with Crippen LogP contribution in [-0.2, 0) is 0 Å². The third-order valence-electron chi connectivity index (χ3n) is 1.24. The minimum atomic E-state index is -0.922. The number of urea groups is 1. The molecular weight excluding hydrogens is 172 g/mol. The molecule has 6 heteroatoms. The molecule has 1 aromatic rings. The van der Waals surface area contributed by atoms with E-state index in [2.05, 4.69) is 4.98 Å². The summed E-state index contributed by atoms with van der Waals surface area (Å²) in [5.74, 6) is -0.461. The van der Waals surface area contributed by atoms with Crippen LogP contribution in [0.5, 0.6) is 0 Å². The van der Waals surface area contributed by atoms with Crippen molar-refractivity contribution in [3.63, 3.8) is 0 Å². The number of carbonyl (C=O) groups excluding carboxylic acids is 2. The van der Waals surface area contributed by atoms with Crippen molar-refractivity contribution in [1.29, 1.82) is 0 Å². The molecule has 0 fully saturated rings. The number of pyridine rings is 1. The largest absolute Gasteiger partial charge is 0.384 e. The van der Waals surface area contributed by atoms with Gasteiger partial charge in [0.1, 0.15) is 11.5 Å². The van der Waals surface area contributed by atoms with Crippen LogP contribution in [0.4, 0.5) is 10.6 Å². The molecule has 1 heterocycles. The molecule has 0 aromatic carbocycles. The molecule has 0 bridgehead atoms. The van der Waals surface area contributed by atoms with Crippen molar-refractivity contribution < 1.29 is 9.59 Å². The number of amides is 3. The number of aromatic nitrogens is 1. The number of carbonyl (C=O) groups is 2. The molecule has 3 amide bonds. The van der Waals surface area contributed by atoms with Crippen LogP contribution in [0.1, 0.15) is 10.5 Å². The van der Waals surface area contributed by atoms with Crippen LogP contribution in [0.2, 0.25) is 0 Å². The lowest BCUT2D eigenvalue weighted by molar-refractivity contribution is 0.0961. The Balaban J connectivity index is 2.83. The second-order valence-electron chi connectivity index (χ2n) is 2.27. The molecular formula is C7H8N4O2. The van der Waals surface area contributed by atoms with E-state index < -0.39 is 11.9 Å².